The number of carbonyl (C=O) groups is 1. The molecule has 1 atom stereocenters. The van der Waals surface area contributed by atoms with E-state index in [-0.39, 0.29) is 6.03 Å². The first-order chi connectivity index (χ1) is 11.1. The van der Waals surface area contributed by atoms with Gasteiger partial charge < -0.3 is 4.90 Å². The number of likely N-dealkylation sites (tertiary alicyclic amines) is 1. The number of carbonyl (C=O) groups excluding carboxylic acids is 1. The van der Waals surface area contributed by atoms with Crippen LogP contribution in [0.15, 0.2) is 6.20 Å². The lowest BCUT2D eigenvalue weighted by Gasteiger charge is -2.24. The number of rotatable bonds is 3. The zero-order valence-corrected chi connectivity index (χ0v) is 14.3. The summed E-state index contributed by atoms with van der Waals surface area (Å²) < 4.78 is 2.02. The quantitative estimate of drug-likeness (QED) is 0.917. The molecule has 0 radical (unpaired) electrons. The van der Waals surface area contributed by atoms with E-state index in [1.165, 1.54) is 44.9 Å². The second kappa shape index (κ2) is 5.53. The summed E-state index contributed by atoms with van der Waals surface area (Å²) in [5, 5.41) is 7.67. The summed E-state index contributed by atoms with van der Waals surface area (Å²) >= 11 is 0. The van der Waals surface area contributed by atoms with Crippen LogP contribution in [0.2, 0.25) is 0 Å². The van der Waals surface area contributed by atoms with Gasteiger partial charge in [-0.15, -0.1) is 0 Å². The van der Waals surface area contributed by atoms with E-state index in [0.29, 0.717) is 11.5 Å². The number of aryl methyl sites for hydroxylation is 1. The number of aromatic nitrogens is 2. The number of hydrogen-bond acceptors (Lipinski definition) is 2. The Kier molecular flexibility index (Phi) is 3.62. The van der Waals surface area contributed by atoms with Crippen LogP contribution in [0, 0.1) is 18.3 Å². The van der Waals surface area contributed by atoms with Gasteiger partial charge in [-0.05, 0) is 57.3 Å². The fraction of sp³-hybridized carbons (Fsp3) is 0.778. The van der Waals surface area contributed by atoms with Gasteiger partial charge in [0.05, 0.1) is 12.2 Å². The largest absolute Gasteiger partial charge is 0.324 e. The number of nitrogens with zero attached hydrogens (tertiary/aromatic N) is 3. The molecule has 1 N–H and O–H groups in total. The van der Waals surface area contributed by atoms with Crippen molar-refractivity contribution < 1.29 is 4.79 Å². The summed E-state index contributed by atoms with van der Waals surface area (Å²) in [5.41, 5.74) is 1.48. The van der Waals surface area contributed by atoms with E-state index in [2.05, 4.69) is 17.3 Å². The van der Waals surface area contributed by atoms with Gasteiger partial charge in [-0.3, -0.25) is 5.32 Å². The highest BCUT2D eigenvalue weighted by atomic mass is 16.2. The number of amides is 2. The van der Waals surface area contributed by atoms with E-state index < -0.39 is 0 Å². The number of nitrogens with one attached hydrogen (secondary N) is 1. The van der Waals surface area contributed by atoms with Gasteiger partial charge in [-0.25, -0.2) is 9.48 Å². The summed E-state index contributed by atoms with van der Waals surface area (Å²) in [6, 6.07) is 0.431. The van der Waals surface area contributed by atoms with Gasteiger partial charge in [0.15, 0.2) is 0 Å². The molecular weight excluding hydrogens is 288 g/mol. The minimum Gasteiger partial charge on any atom is -0.324 e. The van der Waals surface area contributed by atoms with Crippen LogP contribution < -0.4 is 5.32 Å². The predicted octanol–water partition coefficient (Wildman–Crippen LogP) is 3.96. The molecule has 2 heterocycles. The molecule has 1 unspecified atom stereocenters. The topological polar surface area (TPSA) is 50.2 Å². The van der Waals surface area contributed by atoms with Crippen molar-refractivity contribution in [2.24, 2.45) is 11.3 Å². The van der Waals surface area contributed by atoms with Crippen LogP contribution in [-0.4, -0.2) is 33.8 Å². The van der Waals surface area contributed by atoms with Gasteiger partial charge in [0.25, 0.3) is 0 Å². The van der Waals surface area contributed by atoms with E-state index in [0.717, 1.165) is 30.4 Å². The molecule has 1 aromatic heterocycles. The van der Waals surface area contributed by atoms with Gasteiger partial charge in [0.2, 0.25) is 0 Å². The van der Waals surface area contributed by atoms with Crippen molar-refractivity contribution in [3.63, 3.8) is 0 Å². The number of anilines is 1. The first kappa shape index (κ1) is 15.0. The van der Waals surface area contributed by atoms with Gasteiger partial charge in [0.1, 0.15) is 5.82 Å². The Morgan fingerprint density at radius 2 is 2.09 bits per heavy atom. The van der Waals surface area contributed by atoms with E-state index in [4.69, 9.17) is 0 Å². The molecule has 0 aromatic carbocycles. The van der Waals surface area contributed by atoms with Crippen molar-refractivity contribution >= 4 is 11.8 Å². The van der Waals surface area contributed by atoms with E-state index in [1.807, 2.05) is 22.7 Å². The average Bonchev–Trinajstić information content (AvgIpc) is 2.99. The maximum atomic E-state index is 12.7. The summed E-state index contributed by atoms with van der Waals surface area (Å²) in [4.78, 5) is 14.8. The van der Waals surface area contributed by atoms with Gasteiger partial charge in [-0.1, -0.05) is 12.8 Å². The highest BCUT2D eigenvalue weighted by Gasteiger charge is 2.42. The molecule has 1 saturated heterocycles. The van der Waals surface area contributed by atoms with E-state index >= 15 is 0 Å². The monoisotopic (exact) mass is 316 g/mol. The summed E-state index contributed by atoms with van der Waals surface area (Å²) in [5.74, 6) is 1.61. The molecule has 3 aliphatic rings. The lowest BCUT2D eigenvalue weighted by molar-refractivity contribution is 0.212. The molecule has 1 aromatic rings. The molecule has 3 fully saturated rings. The molecule has 5 nitrogen and oxygen atoms in total. The Morgan fingerprint density at radius 1 is 1.35 bits per heavy atom. The van der Waals surface area contributed by atoms with Crippen LogP contribution >= 0.6 is 0 Å². The molecule has 4 rings (SSSR count). The first-order valence-corrected chi connectivity index (χ1v) is 9.18. The molecule has 2 aliphatic carbocycles. The summed E-state index contributed by atoms with van der Waals surface area (Å²) in [6.45, 7) is 6.08. The third kappa shape index (κ3) is 2.74. The fourth-order valence-electron chi connectivity index (χ4n) is 4.51. The first-order valence-electron chi connectivity index (χ1n) is 9.18. The minimum atomic E-state index is 0.0571. The lowest BCUT2D eigenvalue weighted by atomic mass is 9.86. The standard InChI is InChI=1S/C18H28N4O/c1-13-11-19-22(14(2)15-5-6-15)16(13)20-17(23)21-10-9-18(12-21)7-3-4-8-18/h11,14-15H,3-10,12H2,1-2H3,(H,20,23). The Balaban J connectivity index is 1.46. The minimum absolute atomic E-state index is 0.0571. The Hall–Kier alpha value is -1.52. The molecule has 0 bridgehead atoms. The zero-order valence-electron chi connectivity index (χ0n) is 14.3. The molecule has 5 heteroatoms. The number of hydrogen-bond donors (Lipinski definition) is 1. The maximum Gasteiger partial charge on any atom is 0.323 e. The van der Waals surface area contributed by atoms with Gasteiger partial charge >= 0.3 is 6.03 Å². The molecular formula is C18H28N4O. The Bertz CT molecular complexity index is 598. The molecule has 2 amide bonds. The Morgan fingerprint density at radius 3 is 2.78 bits per heavy atom. The third-order valence-corrected chi connectivity index (χ3v) is 6.28. The predicted molar refractivity (Wildman–Crippen MR) is 90.5 cm³/mol. The van der Waals surface area contributed by atoms with Crippen LogP contribution in [0.5, 0.6) is 0 Å². The van der Waals surface area contributed by atoms with Crippen molar-refractivity contribution in [3.8, 4) is 0 Å². The highest BCUT2D eigenvalue weighted by molar-refractivity contribution is 5.89. The molecule has 126 valence electrons. The van der Waals surface area contributed by atoms with Crippen LogP contribution in [0.4, 0.5) is 10.6 Å². The van der Waals surface area contributed by atoms with Crippen LogP contribution in [0.3, 0.4) is 0 Å². The van der Waals surface area contributed by atoms with E-state index in [1.54, 1.807) is 0 Å². The van der Waals surface area contributed by atoms with E-state index in [9.17, 15) is 4.79 Å². The van der Waals surface area contributed by atoms with Crippen molar-refractivity contribution in [2.45, 2.75) is 64.8 Å². The van der Waals surface area contributed by atoms with Crippen LogP contribution in [0.1, 0.15) is 63.5 Å². The second-order valence-corrected chi connectivity index (χ2v) is 8.01. The van der Waals surface area contributed by atoms with Crippen LogP contribution in [0.25, 0.3) is 0 Å². The smallest absolute Gasteiger partial charge is 0.323 e. The molecule has 2 saturated carbocycles. The van der Waals surface area contributed by atoms with Crippen molar-refractivity contribution in [2.75, 3.05) is 18.4 Å². The summed E-state index contributed by atoms with van der Waals surface area (Å²) in [7, 11) is 0. The highest BCUT2D eigenvalue weighted by Crippen LogP contribution is 2.45. The Labute approximate surface area is 138 Å². The normalized spacial score (nSPS) is 24.3. The van der Waals surface area contributed by atoms with Crippen molar-refractivity contribution in [3.05, 3.63) is 11.8 Å². The fourth-order valence-corrected chi connectivity index (χ4v) is 4.51. The molecule has 1 spiro atoms. The number of urea groups is 1. The summed E-state index contributed by atoms with van der Waals surface area (Å²) in [6.07, 6.45) is 10.9. The molecule has 1 aliphatic heterocycles. The lowest BCUT2D eigenvalue weighted by Crippen LogP contribution is -2.35. The van der Waals surface area contributed by atoms with Gasteiger partial charge in [-0.2, -0.15) is 5.10 Å². The van der Waals surface area contributed by atoms with Crippen molar-refractivity contribution in [1.82, 2.24) is 14.7 Å². The second-order valence-electron chi connectivity index (χ2n) is 8.01. The zero-order chi connectivity index (χ0) is 16.0. The van der Waals surface area contributed by atoms with Crippen molar-refractivity contribution in [1.29, 1.82) is 0 Å². The average molecular weight is 316 g/mol. The maximum absolute atomic E-state index is 12.7. The van der Waals surface area contributed by atoms with Gasteiger partial charge in [0, 0.05) is 18.7 Å². The molecule has 23 heavy (non-hydrogen) atoms. The SMILES string of the molecule is Cc1cnn(C(C)C2CC2)c1NC(=O)N1CCC2(CCCC2)C1. The van der Waals surface area contributed by atoms with Crippen LogP contribution in [-0.2, 0) is 0 Å². The third-order valence-electron chi connectivity index (χ3n) is 6.28.